The fraction of sp³-hybridized carbons (Fsp3) is 0.0714. The van der Waals surface area contributed by atoms with Gasteiger partial charge in [0.1, 0.15) is 29.0 Å². The largest absolute Gasteiger partial charge is 0.487 e. The highest BCUT2D eigenvalue weighted by Crippen LogP contribution is 2.32. The predicted octanol–water partition coefficient (Wildman–Crippen LogP) is 4.00. The third-order valence-corrected chi connectivity index (χ3v) is 3.46. The summed E-state index contributed by atoms with van der Waals surface area (Å²) in [5.74, 6) is -0.292. The van der Waals surface area contributed by atoms with Crippen molar-refractivity contribution in [1.29, 1.82) is 5.41 Å². The number of benzene rings is 2. The highest BCUT2D eigenvalue weighted by atomic mass is 35.5. The molecule has 0 aromatic heterocycles. The van der Waals surface area contributed by atoms with Crippen LogP contribution in [0.3, 0.4) is 0 Å². The van der Waals surface area contributed by atoms with Crippen LogP contribution in [0.2, 0.25) is 10.0 Å². The fourth-order valence-corrected chi connectivity index (χ4v) is 1.93. The molecular formula is C14H11Cl2FN2O. The Balaban J connectivity index is 2.15. The zero-order valence-electron chi connectivity index (χ0n) is 10.3. The molecule has 2 aromatic rings. The number of ether oxygens (including phenoxy) is 1. The molecule has 104 valence electrons. The molecule has 0 atom stereocenters. The molecule has 2 rings (SSSR count). The molecule has 0 saturated heterocycles. The first-order valence-electron chi connectivity index (χ1n) is 5.68. The van der Waals surface area contributed by atoms with E-state index in [9.17, 15) is 4.39 Å². The van der Waals surface area contributed by atoms with Gasteiger partial charge in [0.05, 0.1) is 5.02 Å². The number of nitrogens with two attached hydrogens (primary N) is 1. The van der Waals surface area contributed by atoms with Crippen molar-refractivity contribution in [1.82, 2.24) is 0 Å². The van der Waals surface area contributed by atoms with Crippen molar-refractivity contribution < 1.29 is 9.13 Å². The smallest absolute Gasteiger partial charge is 0.139 e. The van der Waals surface area contributed by atoms with E-state index < -0.39 is 5.82 Å². The van der Waals surface area contributed by atoms with Gasteiger partial charge in [0.25, 0.3) is 0 Å². The van der Waals surface area contributed by atoms with E-state index in [4.69, 9.17) is 39.1 Å². The van der Waals surface area contributed by atoms with Crippen LogP contribution in [0.15, 0.2) is 36.4 Å². The maximum atomic E-state index is 13.8. The Morgan fingerprint density at radius 2 is 2.00 bits per heavy atom. The molecule has 0 aliphatic rings. The van der Waals surface area contributed by atoms with Gasteiger partial charge in [-0.15, -0.1) is 0 Å². The van der Waals surface area contributed by atoms with Crippen molar-refractivity contribution in [2.24, 2.45) is 5.73 Å². The summed E-state index contributed by atoms with van der Waals surface area (Å²) in [6.45, 7) is 0.00405. The molecule has 3 N–H and O–H groups in total. The maximum Gasteiger partial charge on any atom is 0.139 e. The number of nitrogens with one attached hydrogen (secondary N) is 1. The zero-order chi connectivity index (χ0) is 14.7. The molecule has 2 aromatic carbocycles. The minimum atomic E-state index is -0.490. The standard InChI is InChI=1S/C14H11Cl2FN2O/c15-10-2-1-3-12(13(10)16)20-7-9-5-4-8(14(18)19)6-11(9)17/h1-6H,7H2,(H3,18,19). The van der Waals surface area contributed by atoms with E-state index >= 15 is 0 Å². The summed E-state index contributed by atoms with van der Waals surface area (Å²) in [5.41, 5.74) is 5.95. The molecule has 0 aliphatic carbocycles. The van der Waals surface area contributed by atoms with Crippen molar-refractivity contribution in [3.8, 4) is 5.75 Å². The lowest BCUT2D eigenvalue weighted by molar-refractivity contribution is 0.300. The summed E-state index contributed by atoms with van der Waals surface area (Å²) >= 11 is 11.8. The van der Waals surface area contributed by atoms with E-state index in [-0.39, 0.29) is 17.5 Å². The number of nitrogen functional groups attached to an aromatic ring is 1. The normalized spacial score (nSPS) is 10.3. The van der Waals surface area contributed by atoms with Crippen LogP contribution in [0.4, 0.5) is 4.39 Å². The van der Waals surface area contributed by atoms with Gasteiger partial charge in [-0.3, -0.25) is 5.41 Å². The molecule has 0 amide bonds. The molecule has 0 spiro atoms. The number of hydrogen-bond acceptors (Lipinski definition) is 2. The Labute approximate surface area is 125 Å². The average Bonchev–Trinajstić information content (AvgIpc) is 2.41. The Bertz CT molecular complexity index is 662. The van der Waals surface area contributed by atoms with Gasteiger partial charge in [0.2, 0.25) is 0 Å². The van der Waals surface area contributed by atoms with Crippen LogP contribution >= 0.6 is 23.2 Å². The minimum absolute atomic E-state index is 0.00405. The van der Waals surface area contributed by atoms with Crippen LogP contribution in [0.5, 0.6) is 5.75 Å². The van der Waals surface area contributed by atoms with Gasteiger partial charge < -0.3 is 10.5 Å². The molecule has 6 heteroatoms. The summed E-state index contributed by atoms with van der Waals surface area (Å²) < 4.78 is 19.2. The highest BCUT2D eigenvalue weighted by Gasteiger charge is 2.09. The van der Waals surface area contributed by atoms with Crippen LogP contribution < -0.4 is 10.5 Å². The number of amidine groups is 1. The van der Waals surface area contributed by atoms with Gasteiger partial charge in [0, 0.05) is 11.1 Å². The third kappa shape index (κ3) is 3.21. The van der Waals surface area contributed by atoms with E-state index in [2.05, 4.69) is 0 Å². The first-order valence-corrected chi connectivity index (χ1v) is 6.44. The Morgan fingerprint density at radius 3 is 2.65 bits per heavy atom. The molecule has 0 fully saturated rings. The van der Waals surface area contributed by atoms with Crippen LogP contribution in [0.1, 0.15) is 11.1 Å². The van der Waals surface area contributed by atoms with Crippen molar-refractivity contribution in [3.05, 3.63) is 63.4 Å². The summed E-state index contributed by atoms with van der Waals surface area (Å²) in [7, 11) is 0. The van der Waals surface area contributed by atoms with E-state index in [0.717, 1.165) is 0 Å². The highest BCUT2D eigenvalue weighted by molar-refractivity contribution is 6.42. The van der Waals surface area contributed by atoms with Crippen molar-refractivity contribution >= 4 is 29.0 Å². The second-order valence-electron chi connectivity index (χ2n) is 4.06. The van der Waals surface area contributed by atoms with Gasteiger partial charge in [-0.2, -0.15) is 0 Å². The summed E-state index contributed by atoms with van der Waals surface area (Å²) in [5, 5.41) is 7.90. The summed E-state index contributed by atoms with van der Waals surface area (Å²) in [6, 6.07) is 9.25. The van der Waals surface area contributed by atoms with E-state index in [1.807, 2.05) is 0 Å². The minimum Gasteiger partial charge on any atom is -0.487 e. The molecule has 3 nitrogen and oxygen atoms in total. The molecule has 0 bridgehead atoms. The average molecular weight is 313 g/mol. The third-order valence-electron chi connectivity index (χ3n) is 2.66. The molecule has 0 heterocycles. The monoisotopic (exact) mass is 312 g/mol. The lowest BCUT2D eigenvalue weighted by atomic mass is 10.1. The fourth-order valence-electron chi connectivity index (χ4n) is 1.58. The van der Waals surface area contributed by atoms with Crippen molar-refractivity contribution in [2.45, 2.75) is 6.61 Å². The topological polar surface area (TPSA) is 59.1 Å². The second-order valence-corrected chi connectivity index (χ2v) is 4.85. The number of halogens is 3. The van der Waals surface area contributed by atoms with Gasteiger partial charge in [0.15, 0.2) is 0 Å². The quantitative estimate of drug-likeness (QED) is 0.662. The van der Waals surface area contributed by atoms with Gasteiger partial charge in [-0.05, 0) is 18.2 Å². The van der Waals surface area contributed by atoms with Crippen LogP contribution in [0, 0.1) is 11.2 Å². The molecule has 20 heavy (non-hydrogen) atoms. The van der Waals surface area contributed by atoms with Gasteiger partial charge in [-0.25, -0.2) is 4.39 Å². The molecular weight excluding hydrogens is 302 g/mol. The number of rotatable bonds is 4. The van der Waals surface area contributed by atoms with Crippen LogP contribution in [-0.4, -0.2) is 5.84 Å². The summed E-state index contributed by atoms with van der Waals surface area (Å²) in [6.07, 6.45) is 0. The SMILES string of the molecule is N=C(N)c1ccc(COc2cccc(Cl)c2Cl)c(F)c1. The Kier molecular flexibility index (Phi) is 4.47. The first-order chi connectivity index (χ1) is 9.49. The van der Waals surface area contributed by atoms with E-state index in [1.165, 1.54) is 12.1 Å². The number of hydrogen-bond donors (Lipinski definition) is 2. The van der Waals surface area contributed by atoms with Crippen LogP contribution in [0.25, 0.3) is 0 Å². The second kappa shape index (κ2) is 6.11. The van der Waals surface area contributed by atoms with E-state index in [1.54, 1.807) is 24.3 Å². The Morgan fingerprint density at radius 1 is 1.25 bits per heavy atom. The molecule has 0 aliphatic heterocycles. The van der Waals surface area contributed by atoms with E-state index in [0.29, 0.717) is 21.9 Å². The lowest BCUT2D eigenvalue weighted by Gasteiger charge is -2.10. The lowest BCUT2D eigenvalue weighted by Crippen LogP contribution is -2.12. The van der Waals surface area contributed by atoms with Gasteiger partial charge in [-0.1, -0.05) is 41.4 Å². The maximum absolute atomic E-state index is 13.8. The zero-order valence-corrected chi connectivity index (χ0v) is 11.8. The molecule has 0 saturated carbocycles. The Hall–Kier alpha value is -1.78. The summed E-state index contributed by atoms with van der Waals surface area (Å²) in [4.78, 5) is 0. The van der Waals surface area contributed by atoms with Crippen molar-refractivity contribution in [2.75, 3.05) is 0 Å². The molecule has 0 radical (unpaired) electrons. The first kappa shape index (κ1) is 14.6. The predicted molar refractivity (Wildman–Crippen MR) is 78.2 cm³/mol. The van der Waals surface area contributed by atoms with Gasteiger partial charge >= 0.3 is 0 Å². The van der Waals surface area contributed by atoms with Crippen LogP contribution in [-0.2, 0) is 6.61 Å². The van der Waals surface area contributed by atoms with Crippen molar-refractivity contribution in [3.63, 3.8) is 0 Å². The molecule has 0 unspecified atom stereocenters.